The van der Waals surface area contributed by atoms with Gasteiger partial charge < -0.3 is 29.7 Å². The quantitative estimate of drug-likeness (QED) is 0.465. The molecule has 1 aromatic carbocycles. The lowest BCUT2D eigenvalue weighted by atomic mass is 10.1. The summed E-state index contributed by atoms with van der Waals surface area (Å²) in [7, 11) is 1.65. The number of hydrogen-bond acceptors (Lipinski definition) is 7. The van der Waals surface area contributed by atoms with Gasteiger partial charge in [-0.05, 0) is 32.0 Å². The van der Waals surface area contributed by atoms with Crippen molar-refractivity contribution in [3.8, 4) is 11.3 Å². The maximum atomic E-state index is 11.8. The van der Waals surface area contributed by atoms with Gasteiger partial charge in [-0.2, -0.15) is 0 Å². The van der Waals surface area contributed by atoms with E-state index in [1.54, 1.807) is 13.4 Å². The molecule has 0 bridgehead atoms. The number of carbonyl (C=O) groups excluding carboxylic acids is 1. The molecular formula is C24H32N6O4. The Balaban J connectivity index is 1.68. The zero-order valence-electron chi connectivity index (χ0n) is 19.9. The number of anilines is 2. The fourth-order valence-electron chi connectivity index (χ4n) is 3.93. The van der Waals surface area contributed by atoms with Crippen LogP contribution in [0.5, 0.6) is 0 Å². The molecule has 1 fully saturated rings. The topological polar surface area (TPSA) is 103 Å². The van der Waals surface area contributed by atoms with Crippen molar-refractivity contribution in [1.29, 1.82) is 0 Å². The van der Waals surface area contributed by atoms with E-state index in [0.717, 1.165) is 40.3 Å². The SMILES string of the molecule is CCNC(=O)Nc1ccc(-c2cc(N3CCOC[C@@H]3C)c3ncn(COCCOC)c3n2)cc1. The molecule has 1 atom stereocenters. The number of imidazole rings is 1. The van der Waals surface area contributed by atoms with Gasteiger partial charge in [0.15, 0.2) is 5.65 Å². The molecule has 1 saturated heterocycles. The highest BCUT2D eigenvalue weighted by Gasteiger charge is 2.24. The molecule has 10 nitrogen and oxygen atoms in total. The van der Waals surface area contributed by atoms with Gasteiger partial charge in [0.2, 0.25) is 0 Å². The average Bonchev–Trinajstić information content (AvgIpc) is 3.25. The Labute approximate surface area is 199 Å². The highest BCUT2D eigenvalue weighted by atomic mass is 16.5. The van der Waals surface area contributed by atoms with E-state index in [1.165, 1.54) is 0 Å². The summed E-state index contributed by atoms with van der Waals surface area (Å²) in [6, 6.07) is 9.74. The van der Waals surface area contributed by atoms with Crippen LogP contribution in [0.1, 0.15) is 13.8 Å². The van der Waals surface area contributed by atoms with Crippen LogP contribution < -0.4 is 15.5 Å². The predicted molar refractivity (Wildman–Crippen MR) is 131 cm³/mol. The second-order valence-electron chi connectivity index (χ2n) is 8.12. The van der Waals surface area contributed by atoms with Crippen LogP contribution in [-0.4, -0.2) is 73.2 Å². The molecule has 34 heavy (non-hydrogen) atoms. The summed E-state index contributed by atoms with van der Waals surface area (Å²) in [6.45, 7) is 8.07. The summed E-state index contributed by atoms with van der Waals surface area (Å²) in [5, 5.41) is 5.55. The molecule has 1 aliphatic heterocycles. The Morgan fingerprint density at radius 2 is 2.09 bits per heavy atom. The summed E-state index contributed by atoms with van der Waals surface area (Å²) in [4.78, 5) is 23.8. The maximum Gasteiger partial charge on any atom is 0.319 e. The number of carbonyl (C=O) groups is 1. The number of ether oxygens (including phenoxy) is 3. The number of aromatic nitrogens is 3. The third kappa shape index (κ3) is 5.46. The number of methoxy groups -OCH3 is 1. The Morgan fingerprint density at radius 1 is 1.26 bits per heavy atom. The highest BCUT2D eigenvalue weighted by molar-refractivity contribution is 5.91. The lowest BCUT2D eigenvalue weighted by Gasteiger charge is -2.35. The van der Waals surface area contributed by atoms with Crippen LogP contribution in [0, 0.1) is 0 Å². The van der Waals surface area contributed by atoms with Crippen molar-refractivity contribution in [2.45, 2.75) is 26.6 Å². The molecule has 3 aromatic rings. The number of amides is 2. The van der Waals surface area contributed by atoms with Gasteiger partial charge in [-0.1, -0.05) is 12.1 Å². The molecule has 0 aliphatic carbocycles. The van der Waals surface area contributed by atoms with Gasteiger partial charge in [0.1, 0.15) is 12.2 Å². The Bertz CT molecular complexity index is 1100. The first-order valence-corrected chi connectivity index (χ1v) is 11.5. The molecule has 2 amide bonds. The summed E-state index contributed by atoms with van der Waals surface area (Å²) in [6.07, 6.45) is 1.77. The lowest BCUT2D eigenvalue weighted by Crippen LogP contribution is -2.43. The largest absolute Gasteiger partial charge is 0.382 e. The minimum Gasteiger partial charge on any atom is -0.382 e. The fraction of sp³-hybridized carbons (Fsp3) is 0.458. The first kappa shape index (κ1) is 23.9. The van der Waals surface area contributed by atoms with Gasteiger partial charge in [0.05, 0.1) is 44.1 Å². The zero-order chi connectivity index (χ0) is 23.9. The smallest absolute Gasteiger partial charge is 0.319 e. The van der Waals surface area contributed by atoms with Gasteiger partial charge in [0.25, 0.3) is 0 Å². The van der Waals surface area contributed by atoms with Crippen molar-refractivity contribution in [3.05, 3.63) is 36.7 Å². The number of nitrogens with one attached hydrogen (secondary N) is 2. The second-order valence-corrected chi connectivity index (χ2v) is 8.12. The van der Waals surface area contributed by atoms with E-state index in [9.17, 15) is 4.79 Å². The number of morpholine rings is 1. The molecule has 0 saturated carbocycles. The van der Waals surface area contributed by atoms with Gasteiger partial charge in [-0.3, -0.25) is 4.57 Å². The third-order valence-electron chi connectivity index (χ3n) is 5.67. The molecule has 0 unspecified atom stereocenters. The molecule has 3 heterocycles. The second kappa shape index (κ2) is 11.3. The van der Waals surface area contributed by atoms with Crippen LogP contribution in [-0.2, 0) is 20.9 Å². The number of pyridine rings is 1. The highest BCUT2D eigenvalue weighted by Crippen LogP contribution is 2.32. The molecule has 0 radical (unpaired) electrons. The number of benzene rings is 1. The van der Waals surface area contributed by atoms with Crippen molar-refractivity contribution >= 4 is 28.6 Å². The lowest BCUT2D eigenvalue weighted by molar-refractivity contribution is 0.0356. The van der Waals surface area contributed by atoms with Gasteiger partial charge >= 0.3 is 6.03 Å². The van der Waals surface area contributed by atoms with Crippen LogP contribution in [0.25, 0.3) is 22.4 Å². The van der Waals surface area contributed by atoms with Crippen molar-refractivity contribution in [3.63, 3.8) is 0 Å². The summed E-state index contributed by atoms with van der Waals surface area (Å²) in [5.74, 6) is 0. The van der Waals surface area contributed by atoms with Crippen molar-refractivity contribution in [2.75, 3.05) is 56.8 Å². The first-order chi connectivity index (χ1) is 16.6. The van der Waals surface area contributed by atoms with E-state index in [2.05, 4.69) is 33.5 Å². The van der Waals surface area contributed by atoms with Crippen LogP contribution >= 0.6 is 0 Å². The molecule has 1 aliphatic rings. The number of rotatable bonds is 9. The van der Waals surface area contributed by atoms with Crippen molar-refractivity contribution < 1.29 is 19.0 Å². The van der Waals surface area contributed by atoms with E-state index < -0.39 is 0 Å². The number of urea groups is 1. The average molecular weight is 469 g/mol. The summed E-state index contributed by atoms with van der Waals surface area (Å²) in [5.41, 5.74) is 5.10. The fourth-order valence-corrected chi connectivity index (χ4v) is 3.93. The minimum atomic E-state index is -0.226. The third-order valence-corrected chi connectivity index (χ3v) is 5.67. The maximum absolute atomic E-state index is 11.8. The van der Waals surface area contributed by atoms with Gasteiger partial charge in [-0.25, -0.2) is 14.8 Å². The Kier molecular flexibility index (Phi) is 7.94. The number of fused-ring (bicyclic) bond motifs is 1. The molecule has 182 valence electrons. The monoisotopic (exact) mass is 468 g/mol. The molecule has 10 heteroatoms. The normalized spacial score (nSPS) is 16.1. The molecule has 2 aromatic heterocycles. The van der Waals surface area contributed by atoms with Crippen molar-refractivity contribution in [2.24, 2.45) is 0 Å². The van der Waals surface area contributed by atoms with Crippen LogP contribution in [0.3, 0.4) is 0 Å². The van der Waals surface area contributed by atoms with E-state index >= 15 is 0 Å². The van der Waals surface area contributed by atoms with E-state index in [-0.39, 0.29) is 12.1 Å². The van der Waals surface area contributed by atoms with Crippen LogP contribution in [0.4, 0.5) is 16.2 Å². The van der Waals surface area contributed by atoms with Crippen molar-refractivity contribution in [1.82, 2.24) is 19.9 Å². The molecule has 0 spiro atoms. The Hall–Kier alpha value is -3.21. The van der Waals surface area contributed by atoms with Gasteiger partial charge in [0, 0.05) is 37.5 Å². The summed E-state index contributed by atoms with van der Waals surface area (Å²) < 4.78 is 18.4. The number of hydrogen-bond donors (Lipinski definition) is 2. The van der Waals surface area contributed by atoms with E-state index in [4.69, 9.17) is 19.2 Å². The van der Waals surface area contributed by atoms with E-state index in [0.29, 0.717) is 39.7 Å². The van der Waals surface area contributed by atoms with Crippen LogP contribution in [0.15, 0.2) is 36.7 Å². The summed E-state index contributed by atoms with van der Waals surface area (Å²) >= 11 is 0. The molecule has 2 N–H and O–H groups in total. The minimum absolute atomic E-state index is 0.221. The van der Waals surface area contributed by atoms with Gasteiger partial charge in [-0.15, -0.1) is 0 Å². The van der Waals surface area contributed by atoms with E-state index in [1.807, 2.05) is 35.8 Å². The molecule has 4 rings (SSSR count). The van der Waals surface area contributed by atoms with Crippen LogP contribution in [0.2, 0.25) is 0 Å². The predicted octanol–water partition coefficient (Wildman–Crippen LogP) is 3.09. The standard InChI is InChI=1S/C24H32N6O4/c1-4-25-24(31)27-19-7-5-18(6-8-19)20-13-21(30-9-10-33-14-17(30)2)22-23(28-20)29(15-26-22)16-34-12-11-32-3/h5-8,13,15,17H,4,9-12,14,16H2,1-3H3,(H2,25,27,31)/t17-/m0/s1. The molecular weight excluding hydrogens is 436 g/mol. The Morgan fingerprint density at radius 3 is 2.82 bits per heavy atom. The number of nitrogens with zero attached hydrogens (tertiary/aromatic N) is 4. The zero-order valence-corrected chi connectivity index (χ0v) is 19.9. The first-order valence-electron chi connectivity index (χ1n) is 11.5.